The zero-order valence-corrected chi connectivity index (χ0v) is 53.7. The molecule has 1 fully saturated rings. The van der Waals surface area contributed by atoms with Gasteiger partial charge in [0, 0.05) is 6.42 Å². The van der Waals surface area contributed by atoms with E-state index in [9.17, 15) is 35.1 Å². The predicted octanol–water partition coefficient (Wildman–Crippen LogP) is 17.2. The summed E-state index contributed by atoms with van der Waals surface area (Å²) in [5.41, 5.74) is 0. The van der Waals surface area contributed by atoms with Gasteiger partial charge in [-0.1, -0.05) is 270 Å². The van der Waals surface area contributed by atoms with E-state index in [0.717, 1.165) is 135 Å². The van der Waals surface area contributed by atoms with Crippen molar-refractivity contribution < 1.29 is 49.3 Å². The Hall–Kier alpha value is -4.20. The Bertz CT molecular complexity index is 1890. The van der Waals surface area contributed by atoms with E-state index in [-0.39, 0.29) is 19.4 Å². The molecule has 0 aliphatic carbocycles. The second-order valence-corrected chi connectivity index (χ2v) is 22.8. The Kier molecular flexibility index (Phi) is 55.7. The first kappa shape index (κ1) is 78.8. The fourth-order valence-electron chi connectivity index (χ4n) is 9.76. The number of allylic oxidation sites excluding steroid dienone is 21. The minimum Gasteiger partial charge on any atom is -0.454 e. The van der Waals surface area contributed by atoms with Gasteiger partial charge in [-0.3, -0.25) is 9.59 Å². The lowest BCUT2D eigenvalue weighted by atomic mass is 9.99. The SMILES string of the molecule is CC/C=C\C/C=C\C/C=C\C/C=C\C/C=C\CCCCCCCCCCCCC(O)C(=O)NC(COC1OC(CO)C(O)C(O)C1OC(=O)CCCCC/C=C\C/C=C\C/C=C\C/C=C\C/C=C\CC)C(O)/C=C/CCCCCCCCCCC. The van der Waals surface area contributed by atoms with E-state index in [2.05, 4.69) is 148 Å². The largest absolute Gasteiger partial charge is 0.454 e. The molecule has 1 aliphatic heterocycles. The van der Waals surface area contributed by atoms with Gasteiger partial charge in [0.25, 0.3) is 0 Å². The third-order valence-corrected chi connectivity index (χ3v) is 15.0. The van der Waals surface area contributed by atoms with Crippen molar-refractivity contribution in [2.75, 3.05) is 13.2 Å². The van der Waals surface area contributed by atoms with Crippen LogP contribution in [0.2, 0.25) is 0 Å². The van der Waals surface area contributed by atoms with Crippen molar-refractivity contribution in [2.24, 2.45) is 0 Å². The number of esters is 1. The number of carbonyl (C=O) groups is 2. The van der Waals surface area contributed by atoms with Crippen molar-refractivity contribution in [3.05, 3.63) is 134 Å². The molecule has 8 unspecified atom stereocenters. The quantitative estimate of drug-likeness (QED) is 0.0195. The lowest BCUT2D eigenvalue weighted by Gasteiger charge is -2.41. The van der Waals surface area contributed by atoms with E-state index >= 15 is 0 Å². The maximum absolute atomic E-state index is 13.5. The summed E-state index contributed by atoms with van der Waals surface area (Å²) in [6.45, 7) is 5.53. The van der Waals surface area contributed by atoms with Crippen molar-refractivity contribution in [1.29, 1.82) is 0 Å². The summed E-state index contributed by atoms with van der Waals surface area (Å²) in [6.07, 6.45) is 74.9. The van der Waals surface area contributed by atoms with Gasteiger partial charge in [-0.2, -0.15) is 0 Å². The van der Waals surface area contributed by atoms with Crippen LogP contribution in [0.15, 0.2) is 134 Å². The summed E-state index contributed by atoms with van der Waals surface area (Å²) in [6, 6.07) is -1.04. The van der Waals surface area contributed by atoms with E-state index < -0.39 is 67.4 Å². The zero-order chi connectivity index (χ0) is 61.7. The molecule has 1 aliphatic rings. The number of aliphatic hydroxyl groups excluding tert-OH is 5. The molecule has 1 rings (SSSR count). The van der Waals surface area contributed by atoms with Crippen LogP contribution in [0.4, 0.5) is 0 Å². The minimum absolute atomic E-state index is 0.0775. The van der Waals surface area contributed by atoms with Crippen molar-refractivity contribution in [3.8, 4) is 0 Å². The number of hydrogen-bond donors (Lipinski definition) is 6. The number of amides is 1. The van der Waals surface area contributed by atoms with Gasteiger partial charge in [-0.25, -0.2) is 0 Å². The molecular formula is C74H123NO10. The van der Waals surface area contributed by atoms with Crippen LogP contribution in [0.1, 0.15) is 258 Å². The molecule has 0 aromatic rings. The van der Waals surface area contributed by atoms with Crippen molar-refractivity contribution >= 4 is 11.9 Å². The van der Waals surface area contributed by atoms with Gasteiger partial charge in [0.2, 0.25) is 5.91 Å². The maximum Gasteiger partial charge on any atom is 0.306 e. The lowest BCUT2D eigenvalue weighted by molar-refractivity contribution is -0.305. The normalized spacial score (nSPS) is 19.3. The van der Waals surface area contributed by atoms with Crippen LogP contribution in [0.25, 0.3) is 0 Å². The molecule has 0 radical (unpaired) electrons. The van der Waals surface area contributed by atoms with Gasteiger partial charge in [0.15, 0.2) is 12.4 Å². The average Bonchev–Trinajstić information content (AvgIpc) is 3.59. The van der Waals surface area contributed by atoms with Crippen LogP contribution in [0.5, 0.6) is 0 Å². The molecule has 0 saturated carbocycles. The topological polar surface area (TPSA) is 175 Å². The smallest absolute Gasteiger partial charge is 0.306 e. The predicted molar refractivity (Wildman–Crippen MR) is 356 cm³/mol. The molecule has 11 heteroatoms. The van der Waals surface area contributed by atoms with Crippen molar-refractivity contribution in [1.82, 2.24) is 5.32 Å². The molecule has 85 heavy (non-hydrogen) atoms. The zero-order valence-electron chi connectivity index (χ0n) is 53.7. The molecule has 0 bridgehead atoms. The van der Waals surface area contributed by atoms with Crippen molar-refractivity contribution in [3.63, 3.8) is 0 Å². The van der Waals surface area contributed by atoms with Crippen LogP contribution < -0.4 is 5.32 Å². The van der Waals surface area contributed by atoms with Gasteiger partial charge < -0.3 is 45.1 Å². The van der Waals surface area contributed by atoms with Crippen LogP contribution in [0.3, 0.4) is 0 Å². The van der Waals surface area contributed by atoms with Gasteiger partial charge >= 0.3 is 5.97 Å². The number of aliphatic hydroxyl groups is 5. The van der Waals surface area contributed by atoms with E-state index in [4.69, 9.17) is 14.2 Å². The minimum atomic E-state index is -1.64. The Morgan fingerprint density at radius 3 is 1.27 bits per heavy atom. The number of nitrogens with one attached hydrogen (secondary N) is 1. The summed E-state index contributed by atoms with van der Waals surface area (Å²) in [7, 11) is 0. The molecule has 11 nitrogen and oxygen atoms in total. The molecule has 0 spiro atoms. The maximum atomic E-state index is 13.5. The van der Waals surface area contributed by atoms with Crippen LogP contribution in [-0.2, 0) is 23.8 Å². The second kappa shape index (κ2) is 60.1. The van der Waals surface area contributed by atoms with E-state index in [1.165, 1.54) is 77.0 Å². The Balaban J connectivity index is 2.61. The molecule has 0 aromatic heterocycles. The van der Waals surface area contributed by atoms with Crippen molar-refractivity contribution in [2.45, 2.75) is 307 Å². The van der Waals surface area contributed by atoms with Gasteiger partial charge in [0.05, 0.1) is 25.4 Å². The average molecular weight is 1190 g/mol. The highest BCUT2D eigenvalue weighted by atomic mass is 16.7. The van der Waals surface area contributed by atoms with Gasteiger partial charge in [-0.15, -0.1) is 0 Å². The van der Waals surface area contributed by atoms with E-state index in [0.29, 0.717) is 12.8 Å². The Labute approximate surface area is 518 Å². The van der Waals surface area contributed by atoms with E-state index in [1.54, 1.807) is 6.08 Å². The summed E-state index contributed by atoms with van der Waals surface area (Å²) >= 11 is 0. The highest BCUT2D eigenvalue weighted by Gasteiger charge is 2.47. The number of carbonyl (C=O) groups excluding carboxylic acids is 2. The number of hydrogen-bond acceptors (Lipinski definition) is 10. The third kappa shape index (κ3) is 47.5. The Morgan fingerprint density at radius 2 is 0.847 bits per heavy atom. The first-order valence-electron chi connectivity index (χ1n) is 34.0. The third-order valence-electron chi connectivity index (χ3n) is 15.0. The standard InChI is InChI=1S/C74H123NO10/c1-4-7-10-13-16-19-22-24-26-28-30-31-32-33-34-35-36-38-39-41-43-46-49-52-55-58-61-67(78)73(82)75-65(66(77)60-57-54-51-48-45-21-18-15-12-9-6-3)64-83-74-72(71(81)70(80)68(63-76)84-74)85-69(79)62-59-56-53-50-47-44-42-40-37-29-27-25-23-20-17-14-11-8-5-2/h7-8,10-11,16-17,19-20,24-27,30-31,33-34,37,40,44,47,57,60,65-68,70-72,74,76-78,80-81H,4-6,9,12-15,18,21-23,28-29,32,35-36,38-39,41-43,45-46,48-56,58-59,61-64H2,1-3H3,(H,75,82)/b10-7-,11-8-,19-16-,20-17-,26-24-,27-25-,31-30-,34-33-,40-37-,47-44-,60-57+. The summed E-state index contributed by atoms with van der Waals surface area (Å²) < 4.78 is 17.6. The van der Waals surface area contributed by atoms with Crippen LogP contribution in [-0.4, -0.2) is 99.6 Å². The summed E-state index contributed by atoms with van der Waals surface area (Å²) in [5.74, 6) is -1.24. The summed E-state index contributed by atoms with van der Waals surface area (Å²) in [4.78, 5) is 26.6. The number of unbranched alkanes of at least 4 members (excludes halogenated alkanes) is 22. The highest BCUT2D eigenvalue weighted by molar-refractivity contribution is 5.80. The van der Waals surface area contributed by atoms with Crippen LogP contribution >= 0.6 is 0 Å². The molecule has 6 N–H and O–H groups in total. The van der Waals surface area contributed by atoms with Gasteiger partial charge in [-0.05, 0) is 116 Å². The fraction of sp³-hybridized carbons (Fsp3) is 0.676. The number of ether oxygens (including phenoxy) is 3. The molecule has 8 atom stereocenters. The Morgan fingerprint density at radius 1 is 0.471 bits per heavy atom. The monoisotopic (exact) mass is 1190 g/mol. The molecular weight excluding hydrogens is 1060 g/mol. The molecule has 1 heterocycles. The molecule has 1 amide bonds. The molecule has 1 saturated heterocycles. The second-order valence-electron chi connectivity index (χ2n) is 22.8. The van der Waals surface area contributed by atoms with E-state index in [1.807, 2.05) is 6.08 Å². The molecule has 484 valence electrons. The first-order valence-corrected chi connectivity index (χ1v) is 34.0. The van der Waals surface area contributed by atoms with Gasteiger partial charge in [0.1, 0.15) is 24.4 Å². The molecule has 0 aromatic carbocycles. The fourth-order valence-corrected chi connectivity index (χ4v) is 9.76. The first-order chi connectivity index (χ1) is 41.7. The highest BCUT2D eigenvalue weighted by Crippen LogP contribution is 2.26. The van der Waals surface area contributed by atoms with Crippen LogP contribution in [0, 0.1) is 0 Å². The lowest BCUT2D eigenvalue weighted by Crippen LogP contribution is -2.61. The number of rotatable bonds is 56. The summed E-state index contributed by atoms with van der Waals surface area (Å²) in [5, 5.41) is 57.1.